The Morgan fingerprint density at radius 1 is 1.11 bits per heavy atom. The molecule has 0 radical (unpaired) electrons. The topological polar surface area (TPSA) is 29.1 Å². The fraction of sp³-hybridized carbons (Fsp3) is 0.562. The average molecular weight is 247 g/mol. The molecule has 0 atom stereocenters. The van der Waals surface area contributed by atoms with Gasteiger partial charge in [0.1, 0.15) is 0 Å². The van der Waals surface area contributed by atoms with Crippen LogP contribution in [0.4, 0.5) is 0 Å². The van der Waals surface area contributed by atoms with Gasteiger partial charge in [-0.1, -0.05) is 50.3 Å². The molecular weight excluding hydrogens is 222 g/mol. The maximum Gasteiger partial charge on any atom is 0.251 e. The molecular formula is C16H25NO. The Balaban J connectivity index is 2.32. The lowest BCUT2D eigenvalue weighted by molar-refractivity contribution is 0.0952. The van der Waals surface area contributed by atoms with Crippen LogP contribution >= 0.6 is 0 Å². The van der Waals surface area contributed by atoms with Gasteiger partial charge in [-0.05, 0) is 31.9 Å². The monoisotopic (exact) mass is 247 g/mol. The van der Waals surface area contributed by atoms with Gasteiger partial charge in [-0.3, -0.25) is 4.79 Å². The van der Waals surface area contributed by atoms with Gasteiger partial charge in [0.05, 0.1) is 0 Å². The third-order valence-corrected chi connectivity index (χ3v) is 3.19. The molecule has 0 spiro atoms. The fourth-order valence-electron chi connectivity index (χ4n) is 2.09. The number of unbranched alkanes of at least 4 members (excludes halogenated alkanes) is 4. The molecule has 1 amide bonds. The number of hydrogen-bond acceptors (Lipinski definition) is 1. The van der Waals surface area contributed by atoms with Crippen molar-refractivity contribution in [3.63, 3.8) is 0 Å². The number of benzene rings is 1. The van der Waals surface area contributed by atoms with E-state index in [-0.39, 0.29) is 5.91 Å². The van der Waals surface area contributed by atoms with Crippen LogP contribution in [0.1, 0.15) is 60.5 Å². The number of aryl methyl sites for hydroxylation is 2. The van der Waals surface area contributed by atoms with Gasteiger partial charge in [0.2, 0.25) is 0 Å². The number of hydrogen-bond donors (Lipinski definition) is 1. The Morgan fingerprint density at radius 3 is 2.50 bits per heavy atom. The van der Waals surface area contributed by atoms with E-state index in [1.807, 2.05) is 26.0 Å². The predicted octanol–water partition coefficient (Wildman–Crippen LogP) is 4.00. The van der Waals surface area contributed by atoms with Gasteiger partial charge in [0.25, 0.3) is 5.91 Å². The zero-order valence-corrected chi connectivity index (χ0v) is 11.9. The van der Waals surface area contributed by atoms with Crippen LogP contribution in [0.3, 0.4) is 0 Å². The highest BCUT2D eigenvalue weighted by molar-refractivity contribution is 5.95. The SMILES string of the molecule is CCCCCCCNC(=O)c1ccc(C)cc1C. The molecule has 0 bridgehead atoms. The van der Waals surface area contributed by atoms with Crippen LogP contribution in [0.5, 0.6) is 0 Å². The standard InChI is InChI=1S/C16H25NO/c1-4-5-6-7-8-11-17-16(18)15-10-9-13(2)12-14(15)3/h9-10,12H,4-8,11H2,1-3H3,(H,17,18). The lowest BCUT2D eigenvalue weighted by Gasteiger charge is -2.08. The first-order valence-corrected chi connectivity index (χ1v) is 7.00. The summed E-state index contributed by atoms with van der Waals surface area (Å²) in [6.45, 7) is 7.03. The largest absolute Gasteiger partial charge is 0.352 e. The number of carbonyl (C=O) groups is 1. The molecule has 18 heavy (non-hydrogen) atoms. The normalized spacial score (nSPS) is 10.4. The third-order valence-electron chi connectivity index (χ3n) is 3.19. The van der Waals surface area contributed by atoms with E-state index in [0.29, 0.717) is 0 Å². The molecule has 0 aromatic heterocycles. The van der Waals surface area contributed by atoms with Crippen molar-refractivity contribution >= 4 is 5.91 Å². The summed E-state index contributed by atoms with van der Waals surface area (Å²) in [6, 6.07) is 5.95. The van der Waals surface area contributed by atoms with Crippen molar-refractivity contribution in [2.45, 2.75) is 52.9 Å². The van der Waals surface area contributed by atoms with E-state index in [0.717, 1.165) is 24.1 Å². The molecule has 1 aromatic carbocycles. The van der Waals surface area contributed by atoms with E-state index >= 15 is 0 Å². The van der Waals surface area contributed by atoms with E-state index in [1.54, 1.807) is 0 Å². The van der Waals surface area contributed by atoms with Crippen LogP contribution in [0.15, 0.2) is 18.2 Å². The molecule has 0 fully saturated rings. The fourth-order valence-corrected chi connectivity index (χ4v) is 2.09. The Kier molecular flexibility index (Phi) is 6.48. The first-order chi connectivity index (χ1) is 8.65. The molecule has 0 saturated heterocycles. The highest BCUT2D eigenvalue weighted by Crippen LogP contribution is 2.10. The summed E-state index contributed by atoms with van der Waals surface area (Å²) < 4.78 is 0. The molecule has 1 N–H and O–H groups in total. The van der Waals surface area contributed by atoms with Gasteiger partial charge in [-0.25, -0.2) is 0 Å². The first kappa shape index (κ1) is 14.7. The molecule has 0 aliphatic carbocycles. The number of amides is 1. The molecule has 1 rings (SSSR count). The van der Waals surface area contributed by atoms with E-state index in [4.69, 9.17) is 0 Å². The van der Waals surface area contributed by atoms with Gasteiger partial charge in [0.15, 0.2) is 0 Å². The summed E-state index contributed by atoms with van der Waals surface area (Å²) in [4.78, 5) is 12.0. The van der Waals surface area contributed by atoms with Crippen molar-refractivity contribution in [2.75, 3.05) is 6.54 Å². The van der Waals surface area contributed by atoms with Crippen molar-refractivity contribution in [2.24, 2.45) is 0 Å². The van der Waals surface area contributed by atoms with E-state index in [1.165, 1.54) is 31.2 Å². The Hall–Kier alpha value is -1.31. The zero-order chi connectivity index (χ0) is 13.4. The van der Waals surface area contributed by atoms with Crippen LogP contribution in [0.25, 0.3) is 0 Å². The van der Waals surface area contributed by atoms with Crippen LogP contribution < -0.4 is 5.32 Å². The van der Waals surface area contributed by atoms with Crippen LogP contribution in [0.2, 0.25) is 0 Å². The quantitative estimate of drug-likeness (QED) is 0.725. The van der Waals surface area contributed by atoms with E-state index in [2.05, 4.69) is 18.3 Å². The van der Waals surface area contributed by atoms with Crippen molar-refractivity contribution in [3.05, 3.63) is 34.9 Å². The Labute approximate surface area is 111 Å². The second-order valence-corrected chi connectivity index (χ2v) is 4.99. The highest BCUT2D eigenvalue weighted by atomic mass is 16.1. The minimum absolute atomic E-state index is 0.0583. The second-order valence-electron chi connectivity index (χ2n) is 4.99. The van der Waals surface area contributed by atoms with Gasteiger partial charge < -0.3 is 5.32 Å². The maximum atomic E-state index is 12.0. The zero-order valence-electron chi connectivity index (χ0n) is 11.9. The Bertz CT molecular complexity index is 385. The summed E-state index contributed by atoms with van der Waals surface area (Å²) in [5.41, 5.74) is 3.05. The molecule has 1 aromatic rings. The molecule has 2 nitrogen and oxygen atoms in total. The molecule has 0 saturated carbocycles. The van der Waals surface area contributed by atoms with Crippen molar-refractivity contribution in [1.29, 1.82) is 0 Å². The molecule has 0 unspecified atom stereocenters. The first-order valence-electron chi connectivity index (χ1n) is 7.00. The summed E-state index contributed by atoms with van der Waals surface area (Å²) in [7, 11) is 0. The van der Waals surface area contributed by atoms with Crippen molar-refractivity contribution in [3.8, 4) is 0 Å². The maximum absolute atomic E-state index is 12.0. The van der Waals surface area contributed by atoms with Gasteiger partial charge >= 0.3 is 0 Å². The predicted molar refractivity (Wildman–Crippen MR) is 77.0 cm³/mol. The molecule has 0 aliphatic heterocycles. The lowest BCUT2D eigenvalue weighted by Crippen LogP contribution is -2.25. The van der Waals surface area contributed by atoms with Gasteiger partial charge in [0, 0.05) is 12.1 Å². The van der Waals surface area contributed by atoms with Crippen molar-refractivity contribution < 1.29 is 4.79 Å². The molecule has 0 heterocycles. The number of rotatable bonds is 7. The van der Waals surface area contributed by atoms with Crippen LogP contribution in [0, 0.1) is 13.8 Å². The molecule has 2 heteroatoms. The van der Waals surface area contributed by atoms with E-state index < -0.39 is 0 Å². The van der Waals surface area contributed by atoms with Crippen LogP contribution in [-0.2, 0) is 0 Å². The summed E-state index contributed by atoms with van der Waals surface area (Å²) >= 11 is 0. The average Bonchev–Trinajstić information content (AvgIpc) is 2.33. The Morgan fingerprint density at radius 2 is 1.83 bits per heavy atom. The van der Waals surface area contributed by atoms with Crippen LogP contribution in [-0.4, -0.2) is 12.5 Å². The minimum atomic E-state index is 0.0583. The molecule has 0 aliphatic rings. The molecule has 100 valence electrons. The highest BCUT2D eigenvalue weighted by Gasteiger charge is 2.07. The lowest BCUT2D eigenvalue weighted by atomic mass is 10.1. The van der Waals surface area contributed by atoms with Crippen molar-refractivity contribution in [1.82, 2.24) is 5.32 Å². The van der Waals surface area contributed by atoms with Gasteiger partial charge in [-0.15, -0.1) is 0 Å². The number of carbonyl (C=O) groups excluding carboxylic acids is 1. The third kappa shape index (κ3) is 4.91. The van der Waals surface area contributed by atoms with E-state index in [9.17, 15) is 4.79 Å². The van der Waals surface area contributed by atoms with Gasteiger partial charge in [-0.2, -0.15) is 0 Å². The number of nitrogens with one attached hydrogen (secondary N) is 1. The summed E-state index contributed by atoms with van der Waals surface area (Å²) in [5, 5.41) is 3.00. The smallest absolute Gasteiger partial charge is 0.251 e. The second kappa shape index (κ2) is 7.91. The summed E-state index contributed by atoms with van der Waals surface area (Å²) in [6.07, 6.45) is 6.12. The minimum Gasteiger partial charge on any atom is -0.352 e. The summed E-state index contributed by atoms with van der Waals surface area (Å²) in [5.74, 6) is 0.0583.